The van der Waals surface area contributed by atoms with Crippen molar-refractivity contribution in [1.82, 2.24) is 14.8 Å². The van der Waals surface area contributed by atoms with Crippen LogP contribution in [-0.2, 0) is 35.1 Å². The van der Waals surface area contributed by atoms with E-state index in [0.29, 0.717) is 30.7 Å². The van der Waals surface area contributed by atoms with Crippen LogP contribution in [0.4, 0.5) is 23.7 Å². The first kappa shape index (κ1) is 37.4. The lowest BCUT2D eigenvalue weighted by Crippen LogP contribution is -2.45. The highest BCUT2D eigenvalue weighted by atomic mass is 32.2. The predicted molar refractivity (Wildman–Crippen MR) is 169 cm³/mol. The van der Waals surface area contributed by atoms with Gasteiger partial charge in [0.15, 0.2) is 0 Å². The average Bonchev–Trinajstić information content (AvgIpc) is 3.26. The molecular formula is C31H45F3N4O7S. The number of halogens is 3. The molecule has 2 N–H and O–H groups in total. The van der Waals surface area contributed by atoms with Crippen LogP contribution in [-0.4, -0.2) is 108 Å². The molecule has 2 atom stereocenters. The molecule has 1 fully saturated rings. The Hall–Kier alpha value is -3.03. The van der Waals surface area contributed by atoms with Crippen LogP contribution in [0.15, 0.2) is 24.3 Å². The monoisotopic (exact) mass is 674 g/mol. The fourth-order valence-electron chi connectivity index (χ4n) is 5.13. The zero-order valence-corrected chi connectivity index (χ0v) is 27.9. The molecule has 2 unspecified atom stereocenters. The second kappa shape index (κ2) is 16.7. The number of amides is 1. The SMILES string of the molecule is CN1CCC(Nc2cccc3c2cc(C#CCNC(=O)OC(C)(C)C)n3CC(F)(F)F)C(CCOCCOCCOS(C)(=O)=O)C1. The number of rotatable bonds is 14. The van der Waals surface area contributed by atoms with E-state index >= 15 is 0 Å². The number of likely N-dealkylation sites (tertiary alicyclic amines) is 1. The molecule has 0 saturated carbocycles. The number of benzene rings is 1. The van der Waals surface area contributed by atoms with E-state index in [0.717, 1.165) is 42.4 Å². The Labute approximate surface area is 269 Å². The van der Waals surface area contributed by atoms with E-state index < -0.39 is 34.5 Å². The van der Waals surface area contributed by atoms with E-state index in [1.54, 1.807) is 39.0 Å². The highest BCUT2D eigenvalue weighted by Crippen LogP contribution is 2.32. The topological polar surface area (TPSA) is 120 Å². The number of alkyl carbamates (subject to hydrolysis) is 1. The number of carbonyl (C=O) groups excluding carboxylic acids is 1. The van der Waals surface area contributed by atoms with Gasteiger partial charge in [0.1, 0.15) is 12.1 Å². The fraction of sp³-hybridized carbons (Fsp3) is 0.645. The van der Waals surface area contributed by atoms with Crippen molar-refractivity contribution in [1.29, 1.82) is 0 Å². The number of hydrogen-bond donors (Lipinski definition) is 2. The number of aromatic nitrogens is 1. The summed E-state index contributed by atoms with van der Waals surface area (Å²) in [6, 6.07) is 6.95. The molecule has 0 spiro atoms. The summed E-state index contributed by atoms with van der Waals surface area (Å²) in [5.74, 6) is 5.76. The summed E-state index contributed by atoms with van der Waals surface area (Å²) >= 11 is 0. The zero-order chi connectivity index (χ0) is 34.0. The first-order valence-corrected chi connectivity index (χ1v) is 16.9. The largest absolute Gasteiger partial charge is 0.444 e. The molecule has 1 saturated heterocycles. The van der Waals surface area contributed by atoms with Crippen molar-refractivity contribution in [3.8, 4) is 11.8 Å². The fourth-order valence-corrected chi connectivity index (χ4v) is 5.50. The smallest absolute Gasteiger partial charge is 0.408 e. The summed E-state index contributed by atoms with van der Waals surface area (Å²) in [6.07, 6.45) is -2.55. The average molecular weight is 675 g/mol. The lowest BCUT2D eigenvalue weighted by Gasteiger charge is -2.38. The summed E-state index contributed by atoms with van der Waals surface area (Å²) in [6.45, 7) is 6.82. The van der Waals surface area contributed by atoms with Crippen LogP contribution in [0.25, 0.3) is 10.9 Å². The van der Waals surface area contributed by atoms with E-state index in [2.05, 4.69) is 38.6 Å². The summed E-state index contributed by atoms with van der Waals surface area (Å²) in [4.78, 5) is 14.2. The molecule has 1 aromatic carbocycles. The van der Waals surface area contributed by atoms with Gasteiger partial charge in [-0.05, 0) is 77.2 Å². The first-order valence-electron chi connectivity index (χ1n) is 15.1. The van der Waals surface area contributed by atoms with Gasteiger partial charge in [-0.15, -0.1) is 0 Å². The van der Waals surface area contributed by atoms with Gasteiger partial charge in [0.25, 0.3) is 10.1 Å². The van der Waals surface area contributed by atoms with Crippen molar-refractivity contribution < 1.29 is 44.8 Å². The molecular weight excluding hydrogens is 629 g/mol. The molecule has 11 nitrogen and oxygen atoms in total. The molecule has 258 valence electrons. The summed E-state index contributed by atoms with van der Waals surface area (Å²) in [5.41, 5.74) is 0.626. The van der Waals surface area contributed by atoms with Gasteiger partial charge in [-0.3, -0.25) is 4.18 Å². The third-order valence-corrected chi connectivity index (χ3v) is 7.62. The van der Waals surface area contributed by atoms with Crippen molar-refractivity contribution in [3.05, 3.63) is 30.0 Å². The first-order chi connectivity index (χ1) is 21.5. The molecule has 1 aromatic heterocycles. The van der Waals surface area contributed by atoms with Crippen molar-refractivity contribution >= 4 is 32.8 Å². The van der Waals surface area contributed by atoms with Crippen LogP contribution >= 0.6 is 0 Å². The number of nitrogens with one attached hydrogen (secondary N) is 2. The van der Waals surface area contributed by atoms with Gasteiger partial charge in [-0.1, -0.05) is 12.0 Å². The van der Waals surface area contributed by atoms with E-state index in [1.165, 1.54) is 0 Å². The summed E-state index contributed by atoms with van der Waals surface area (Å²) in [7, 11) is -1.44. The second-order valence-electron chi connectivity index (χ2n) is 12.2. The van der Waals surface area contributed by atoms with Gasteiger partial charge < -0.3 is 34.3 Å². The Balaban J connectivity index is 1.67. The van der Waals surface area contributed by atoms with Crippen molar-refractivity contribution in [3.63, 3.8) is 0 Å². The molecule has 2 aromatic rings. The second-order valence-corrected chi connectivity index (χ2v) is 13.9. The third-order valence-electron chi connectivity index (χ3n) is 7.03. The van der Waals surface area contributed by atoms with E-state index in [9.17, 15) is 26.4 Å². The zero-order valence-electron chi connectivity index (χ0n) is 27.0. The Kier molecular flexibility index (Phi) is 13.6. The van der Waals surface area contributed by atoms with Gasteiger partial charge in [0.05, 0.1) is 50.4 Å². The molecule has 46 heavy (non-hydrogen) atoms. The standard InChI is InChI=1S/C31H45F3N4O7S/c1-30(2,3)45-29(39)35-13-7-8-24-20-25-27(9-6-10-28(25)38(24)22-31(32,33)34)36-26-11-14-37(4)21-23(26)12-15-42-16-17-43-18-19-44-46(5,40)41/h6,9-10,20,23,26,36H,11-19,21-22H2,1-5H3,(H,35,39). The number of piperidine rings is 1. The maximum Gasteiger partial charge on any atom is 0.408 e. The number of hydrogen-bond acceptors (Lipinski definition) is 9. The number of alkyl halides is 3. The minimum Gasteiger partial charge on any atom is -0.444 e. The van der Waals surface area contributed by atoms with Crippen LogP contribution in [0, 0.1) is 17.8 Å². The predicted octanol–water partition coefficient (Wildman–Crippen LogP) is 4.21. The molecule has 0 bridgehead atoms. The summed E-state index contributed by atoms with van der Waals surface area (Å²) < 4.78 is 84.9. The maximum atomic E-state index is 13.6. The van der Waals surface area contributed by atoms with E-state index in [4.69, 9.17) is 14.2 Å². The molecule has 0 radical (unpaired) electrons. The Bertz CT molecular complexity index is 1460. The number of nitrogens with zero attached hydrogens (tertiary/aromatic N) is 2. The number of carbonyl (C=O) groups is 1. The van der Waals surface area contributed by atoms with E-state index in [1.807, 2.05) is 6.07 Å². The van der Waals surface area contributed by atoms with Crippen LogP contribution < -0.4 is 10.6 Å². The van der Waals surface area contributed by atoms with Gasteiger partial charge in [0.2, 0.25) is 0 Å². The molecule has 1 aliphatic rings. The number of fused-ring (bicyclic) bond motifs is 1. The van der Waals surface area contributed by atoms with Crippen molar-refractivity contribution in [2.75, 3.05) is 71.3 Å². The molecule has 1 aliphatic heterocycles. The van der Waals surface area contributed by atoms with Crippen LogP contribution in [0.5, 0.6) is 0 Å². The minimum absolute atomic E-state index is 0.0493. The Morgan fingerprint density at radius 1 is 1.09 bits per heavy atom. The molecule has 1 amide bonds. The molecule has 3 rings (SSSR count). The Morgan fingerprint density at radius 2 is 1.78 bits per heavy atom. The van der Waals surface area contributed by atoms with Gasteiger partial charge in [-0.2, -0.15) is 21.6 Å². The van der Waals surface area contributed by atoms with Crippen molar-refractivity contribution in [2.24, 2.45) is 5.92 Å². The molecule has 0 aliphatic carbocycles. The molecule has 15 heteroatoms. The van der Waals surface area contributed by atoms with Crippen LogP contribution in [0.3, 0.4) is 0 Å². The molecule has 2 heterocycles. The van der Waals surface area contributed by atoms with Gasteiger partial charge >= 0.3 is 12.3 Å². The lowest BCUT2D eigenvalue weighted by atomic mass is 9.89. The Morgan fingerprint density at radius 3 is 2.46 bits per heavy atom. The summed E-state index contributed by atoms with van der Waals surface area (Å²) in [5, 5.41) is 6.73. The normalized spacial score (nSPS) is 17.8. The van der Waals surface area contributed by atoms with Gasteiger partial charge in [0, 0.05) is 30.3 Å². The highest BCUT2D eigenvalue weighted by Gasteiger charge is 2.31. The minimum atomic E-state index is -4.46. The lowest BCUT2D eigenvalue weighted by molar-refractivity contribution is -0.140. The maximum absolute atomic E-state index is 13.6. The quantitative estimate of drug-likeness (QED) is 0.173. The van der Waals surface area contributed by atoms with Crippen molar-refractivity contribution in [2.45, 2.75) is 58.0 Å². The third kappa shape index (κ3) is 13.4. The van der Waals surface area contributed by atoms with Crippen LogP contribution in [0.1, 0.15) is 39.3 Å². The van der Waals surface area contributed by atoms with E-state index in [-0.39, 0.29) is 37.4 Å². The number of anilines is 1. The highest BCUT2D eigenvalue weighted by molar-refractivity contribution is 7.85. The number of ether oxygens (including phenoxy) is 3. The van der Waals surface area contributed by atoms with Crippen LogP contribution in [0.2, 0.25) is 0 Å². The van der Waals surface area contributed by atoms with Gasteiger partial charge in [-0.25, -0.2) is 4.79 Å².